The molecule has 7 heteroatoms. The van der Waals surface area contributed by atoms with Crippen molar-refractivity contribution < 1.29 is 14.3 Å². The monoisotopic (exact) mass is 339 g/mol. The van der Waals surface area contributed by atoms with Gasteiger partial charge in [0.05, 0.1) is 19.9 Å². The number of ether oxygens (including phenoxy) is 2. The number of hydrogen-bond acceptors (Lipinski definition) is 5. The minimum Gasteiger partial charge on any atom is -0.497 e. The average Bonchev–Trinajstić information content (AvgIpc) is 2.62. The van der Waals surface area contributed by atoms with Crippen molar-refractivity contribution in [2.45, 2.75) is 6.92 Å². The Labute approximate surface area is 143 Å². The Balaban J connectivity index is 1.98. The van der Waals surface area contributed by atoms with Crippen LogP contribution in [0.25, 0.3) is 5.65 Å². The fourth-order valence-electron chi connectivity index (χ4n) is 2.43. The van der Waals surface area contributed by atoms with E-state index in [2.05, 4.69) is 10.3 Å². The lowest BCUT2D eigenvalue weighted by Crippen LogP contribution is -2.26. The Bertz CT molecular complexity index is 1010. The van der Waals surface area contributed by atoms with Crippen LogP contribution in [0, 0.1) is 6.92 Å². The summed E-state index contributed by atoms with van der Waals surface area (Å²) in [6.45, 7) is 1.86. The first-order chi connectivity index (χ1) is 12.0. The molecule has 0 aliphatic carbocycles. The van der Waals surface area contributed by atoms with Gasteiger partial charge in [-0.3, -0.25) is 14.0 Å². The van der Waals surface area contributed by atoms with Crippen LogP contribution >= 0.6 is 0 Å². The summed E-state index contributed by atoms with van der Waals surface area (Å²) in [5, 5.41) is 2.68. The molecule has 0 saturated heterocycles. The van der Waals surface area contributed by atoms with E-state index in [1.807, 2.05) is 13.0 Å². The van der Waals surface area contributed by atoms with E-state index in [0.717, 1.165) is 5.56 Å². The first-order valence-electron chi connectivity index (χ1n) is 7.55. The normalized spacial score (nSPS) is 10.5. The smallest absolute Gasteiger partial charge is 0.270 e. The largest absolute Gasteiger partial charge is 0.497 e. The molecule has 0 spiro atoms. The molecule has 0 aliphatic heterocycles. The van der Waals surface area contributed by atoms with Gasteiger partial charge in [-0.2, -0.15) is 0 Å². The Morgan fingerprint density at radius 2 is 1.96 bits per heavy atom. The van der Waals surface area contributed by atoms with E-state index in [1.54, 1.807) is 30.5 Å². The summed E-state index contributed by atoms with van der Waals surface area (Å²) in [5.74, 6) is 0.465. The van der Waals surface area contributed by atoms with Crippen LogP contribution in [0.5, 0.6) is 11.5 Å². The van der Waals surface area contributed by atoms with Crippen LogP contribution in [-0.2, 0) is 0 Å². The van der Waals surface area contributed by atoms with Gasteiger partial charge in [0.2, 0.25) is 0 Å². The number of benzene rings is 1. The van der Waals surface area contributed by atoms with Crippen molar-refractivity contribution in [2.24, 2.45) is 0 Å². The number of hydrogen-bond donors (Lipinski definition) is 1. The van der Waals surface area contributed by atoms with Gasteiger partial charge in [-0.05, 0) is 30.7 Å². The number of aryl methyl sites for hydroxylation is 1. The van der Waals surface area contributed by atoms with Gasteiger partial charge in [0.15, 0.2) is 0 Å². The van der Waals surface area contributed by atoms with Gasteiger partial charge in [0, 0.05) is 18.5 Å². The van der Waals surface area contributed by atoms with E-state index in [0.29, 0.717) is 22.8 Å². The molecule has 1 N–H and O–H groups in total. The van der Waals surface area contributed by atoms with Crippen LogP contribution < -0.4 is 20.3 Å². The van der Waals surface area contributed by atoms with Crippen LogP contribution in [0.2, 0.25) is 0 Å². The van der Waals surface area contributed by atoms with Crippen LogP contribution in [-0.4, -0.2) is 29.5 Å². The minimum atomic E-state index is -0.558. The molecule has 0 atom stereocenters. The highest BCUT2D eigenvalue weighted by Gasteiger charge is 2.16. The minimum absolute atomic E-state index is 0.0547. The summed E-state index contributed by atoms with van der Waals surface area (Å²) in [5.41, 5.74) is 1.32. The maximum atomic E-state index is 12.6. The number of aromatic nitrogens is 2. The molecule has 25 heavy (non-hydrogen) atoms. The molecule has 0 aliphatic rings. The maximum Gasteiger partial charge on any atom is 0.270 e. The first-order valence-corrected chi connectivity index (χ1v) is 7.55. The SMILES string of the molecule is COc1ccc(NC(=O)c2cnc3ccc(C)cn3c2=O)c(OC)c1. The van der Waals surface area contributed by atoms with E-state index in [-0.39, 0.29) is 5.56 Å². The summed E-state index contributed by atoms with van der Waals surface area (Å²) in [6, 6.07) is 8.55. The summed E-state index contributed by atoms with van der Waals surface area (Å²) in [4.78, 5) is 29.3. The van der Waals surface area contributed by atoms with E-state index in [9.17, 15) is 9.59 Å². The zero-order valence-corrected chi connectivity index (χ0v) is 14.1. The Morgan fingerprint density at radius 1 is 1.16 bits per heavy atom. The fourth-order valence-corrected chi connectivity index (χ4v) is 2.43. The van der Waals surface area contributed by atoms with E-state index < -0.39 is 11.5 Å². The highest BCUT2D eigenvalue weighted by Crippen LogP contribution is 2.29. The first kappa shape index (κ1) is 16.5. The Hall–Kier alpha value is -3.35. The zero-order chi connectivity index (χ0) is 18.0. The van der Waals surface area contributed by atoms with E-state index >= 15 is 0 Å². The lowest BCUT2D eigenvalue weighted by Gasteiger charge is -2.11. The number of nitrogens with one attached hydrogen (secondary N) is 1. The van der Waals surface area contributed by atoms with Crippen molar-refractivity contribution in [3.8, 4) is 11.5 Å². The van der Waals surface area contributed by atoms with Gasteiger partial charge in [-0.25, -0.2) is 4.98 Å². The molecular weight excluding hydrogens is 322 g/mol. The third-order valence-corrected chi connectivity index (χ3v) is 3.75. The van der Waals surface area contributed by atoms with Crippen LogP contribution in [0.15, 0.2) is 47.5 Å². The molecule has 0 bridgehead atoms. The second-order valence-corrected chi connectivity index (χ2v) is 5.43. The van der Waals surface area contributed by atoms with Crippen LogP contribution in [0.3, 0.4) is 0 Å². The van der Waals surface area contributed by atoms with E-state index in [4.69, 9.17) is 9.47 Å². The molecule has 7 nitrogen and oxygen atoms in total. The van der Waals surface area contributed by atoms with Gasteiger partial charge in [0.1, 0.15) is 22.7 Å². The number of rotatable bonds is 4. The molecule has 1 amide bonds. The molecule has 1 aromatic carbocycles. The summed E-state index contributed by atoms with van der Waals surface area (Å²) >= 11 is 0. The van der Waals surface area contributed by atoms with Crippen LogP contribution in [0.4, 0.5) is 5.69 Å². The lowest BCUT2D eigenvalue weighted by atomic mass is 10.2. The molecule has 3 rings (SSSR count). The predicted octanol–water partition coefficient (Wildman–Crippen LogP) is 2.27. The number of carbonyl (C=O) groups excluding carboxylic acids is 1. The fraction of sp³-hybridized carbons (Fsp3) is 0.167. The number of methoxy groups -OCH3 is 2. The highest BCUT2D eigenvalue weighted by molar-refractivity contribution is 6.04. The zero-order valence-electron chi connectivity index (χ0n) is 14.1. The number of amides is 1. The summed E-state index contributed by atoms with van der Waals surface area (Å²) in [7, 11) is 3.02. The maximum absolute atomic E-state index is 12.6. The average molecular weight is 339 g/mol. The number of pyridine rings is 1. The second-order valence-electron chi connectivity index (χ2n) is 5.43. The molecule has 0 fully saturated rings. The quantitative estimate of drug-likeness (QED) is 0.788. The van der Waals surface area contributed by atoms with Gasteiger partial charge in [0.25, 0.3) is 11.5 Å². The molecule has 0 radical (unpaired) electrons. The second kappa shape index (κ2) is 6.64. The number of anilines is 1. The van der Waals surface area contributed by atoms with Crippen molar-refractivity contribution in [1.82, 2.24) is 9.38 Å². The Kier molecular flexibility index (Phi) is 4.38. The standard InChI is InChI=1S/C18H17N3O4/c1-11-4-7-16-19-9-13(18(23)21(16)10-11)17(22)20-14-6-5-12(24-2)8-15(14)25-3/h4-10H,1-3H3,(H,20,22). The lowest BCUT2D eigenvalue weighted by molar-refractivity contribution is 0.102. The van der Waals surface area contributed by atoms with Gasteiger partial charge >= 0.3 is 0 Å². The number of carbonyl (C=O) groups is 1. The molecule has 128 valence electrons. The topological polar surface area (TPSA) is 81.9 Å². The molecule has 3 aromatic rings. The summed E-state index contributed by atoms with van der Waals surface area (Å²) in [6.07, 6.45) is 2.92. The van der Waals surface area contributed by atoms with E-state index in [1.165, 1.54) is 24.8 Å². The predicted molar refractivity (Wildman–Crippen MR) is 93.7 cm³/mol. The van der Waals surface area contributed by atoms with Crippen molar-refractivity contribution in [1.29, 1.82) is 0 Å². The molecule has 0 unspecified atom stereocenters. The van der Waals surface area contributed by atoms with Crippen molar-refractivity contribution in [3.63, 3.8) is 0 Å². The molecule has 0 saturated carbocycles. The molecular formula is C18H17N3O4. The number of nitrogens with zero attached hydrogens (tertiary/aromatic N) is 2. The van der Waals surface area contributed by atoms with Crippen molar-refractivity contribution in [3.05, 3.63) is 64.2 Å². The third-order valence-electron chi connectivity index (χ3n) is 3.75. The highest BCUT2D eigenvalue weighted by atomic mass is 16.5. The molecule has 2 heterocycles. The summed E-state index contributed by atoms with van der Waals surface area (Å²) < 4.78 is 11.7. The van der Waals surface area contributed by atoms with Gasteiger partial charge < -0.3 is 14.8 Å². The van der Waals surface area contributed by atoms with Crippen molar-refractivity contribution in [2.75, 3.05) is 19.5 Å². The molecule has 2 aromatic heterocycles. The van der Waals surface area contributed by atoms with Crippen molar-refractivity contribution >= 4 is 17.2 Å². The van der Waals surface area contributed by atoms with Gasteiger partial charge in [-0.1, -0.05) is 6.07 Å². The Morgan fingerprint density at radius 3 is 2.68 bits per heavy atom. The van der Waals surface area contributed by atoms with Gasteiger partial charge in [-0.15, -0.1) is 0 Å². The van der Waals surface area contributed by atoms with Crippen LogP contribution in [0.1, 0.15) is 15.9 Å². The third kappa shape index (κ3) is 3.16. The number of fused-ring (bicyclic) bond motifs is 1.